The first-order chi connectivity index (χ1) is 32.6. The molecule has 3 aliphatic rings. The van der Waals surface area contributed by atoms with Gasteiger partial charge in [0, 0.05) is 64.4 Å². The first-order valence-electron chi connectivity index (χ1n) is 24.7. The fourth-order valence-electron chi connectivity index (χ4n) is 12.9. The van der Waals surface area contributed by atoms with E-state index in [0.29, 0.717) is 0 Å². The van der Waals surface area contributed by atoms with Crippen molar-refractivity contribution in [2.45, 2.75) is 96.8 Å². The van der Waals surface area contributed by atoms with Gasteiger partial charge in [-0.25, -0.2) is 0 Å². The fraction of sp³-hybridized carbons (Fsp3) is 0.238. The monoisotopic (exact) mass is 898 g/mol. The van der Waals surface area contributed by atoms with Gasteiger partial charge < -0.3 is 14.3 Å². The number of fused-ring (bicyclic) bond motifs is 16. The highest BCUT2D eigenvalue weighted by molar-refractivity contribution is 7.26. The molecule has 3 nitrogen and oxygen atoms in total. The van der Waals surface area contributed by atoms with Gasteiger partial charge in [-0.15, -0.1) is 11.3 Å². The van der Waals surface area contributed by atoms with E-state index in [9.17, 15) is 0 Å². The van der Waals surface area contributed by atoms with Crippen LogP contribution in [0.25, 0.3) is 91.9 Å². The predicted molar refractivity (Wildman–Crippen MR) is 294 cm³/mol. The molecule has 1 aliphatic heterocycles. The average molecular weight is 899 g/mol. The molecule has 3 aromatic heterocycles. The number of hydrogen-bond donors (Lipinski definition) is 1. The number of nitrogens with zero attached hydrogens (tertiary/aromatic N) is 1. The zero-order valence-electron chi connectivity index (χ0n) is 40.6. The van der Waals surface area contributed by atoms with Crippen LogP contribution in [0.15, 0.2) is 138 Å². The van der Waals surface area contributed by atoms with E-state index in [1.54, 1.807) is 0 Å². The van der Waals surface area contributed by atoms with Crippen molar-refractivity contribution in [3.63, 3.8) is 0 Å². The Bertz CT molecular complexity index is 4030. The van der Waals surface area contributed by atoms with Gasteiger partial charge in [-0.05, 0) is 140 Å². The summed E-state index contributed by atoms with van der Waals surface area (Å²) in [5.41, 5.74) is 22.7. The number of nitrogens with one attached hydrogen (secondary N) is 1. The summed E-state index contributed by atoms with van der Waals surface area (Å²) in [6.07, 6.45) is 2.32. The average Bonchev–Trinajstić information content (AvgIpc) is 4.04. The van der Waals surface area contributed by atoms with E-state index in [4.69, 9.17) is 4.42 Å². The van der Waals surface area contributed by atoms with Gasteiger partial charge in [-0.1, -0.05) is 141 Å². The normalized spacial score (nSPS) is 16.4. The number of aromatic nitrogens is 1. The van der Waals surface area contributed by atoms with E-state index in [2.05, 4.69) is 206 Å². The van der Waals surface area contributed by atoms with Gasteiger partial charge >= 0.3 is 0 Å². The molecular weight excluding hydrogens is 844 g/mol. The SMILES string of the molecule is CC(C)(C)c1ccc(Nc2cc3c(cc2-c2c4c5c(c6cc7c(cc6n5-c5cc6c(cc5B4)sc4ccccc46)C(C)(C)CCC7(C)C)c4oc5ccccc5c24)-c2ccccc2C3(C)C)cc1. The highest BCUT2D eigenvalue weighted by Crippen LogP contribution is 2.55. The number of rotatable bonds is 3. The molecule has 8 aromatic carbocycles. The molecule has 0 radical (unpaired) electrons. The molecule has 0 atom stereocenters. The highest BCUT2D eigenvalue weighted by Gasteiger charge is 2.41. The molecule has 0 saturated heterocycles. The molecule has 1 N–H and O–H groups in total. The molecule has 11 aromatic rings. The van der Waals surface area contributed by atoms with Gasteiger partial charge in [0.2, 0.25) is 0 Å². The van der Waals surface area contributed by atoms with Crippen molar-refractivity contribution in [2.75, 3.05) is 5.32 Å². The molecule has 0 fully saturated rings. The topological polar surface area (TPSA) is 30.1 Å². The van der Waals surface area contributed by atoms with Crippen LogP contribution in [-0.2, 0) is 21.7 Å². The second-order valence-corrected chi connectivity index (χ2v) is 24.3. The van der Waals surface area contributed by atoms with Crippen molar-refractivity contribution < 1.29 is 4.42 Å². The quantitative estimate of drug-likeness (QED) is 0.179. The molecule has 0 spiro atoms. The lowest BCUT2D eigenvalue weighted by molar-refractivity contribution is 0.332. The Morgan fingerprint density at radius 3 is 2.09 bits per heavy atom. The molecule has 14 rings (SSSR count). The summed E-state index contributed by atoms with van der Waals surface area (Å²) in [6, 6.07) is 51.1. The highest BCUT2D eigenvalue weighted by atomic mass is 32.1. The first-order valence-corrected chi connectivity index (χ1v) is 25.5. The van der Waals surface area contributed by atoms with Crippen molar-refractivity contribution in [1.82, 2.24) is 4.57 Å². The summed E-state index contributed by atoms with van der Waals surface area (Å²) in [4.78, 5) is 0. The Morgan fingerprint density at radius 2 is 1.31 bits per heavy atom. The Labute approximate surface area is 403 Å². The fourth-order valence-corrected chi connectivity index (χ4v) is 14.1. The predicted octanol–water partition coefficient (Wildman–Crippen LogP) is 16.1. The maximum atomic E-state index is 7.37. The molecule has 0 amide bonds. The molecule has 5 heteroatoms. The van der Waals surface area contributed by atoms with Crippen molar-refractivity contribution in [3.05, 3.63) is 161 Å². The van der Waals surface area contributed by atoms with Crippen LogP contribution in [0.2, 0.25) is 0 Å². The zero-order valence-corrected chi connectivity index (χ0v) is 41.4. The molecule has 2 aliphatic carbocycles. The van der Waals surface area contributed by atoms with Gasteiger partial charge in [0.25, 0.3) is 0 Å². The Kier molecular flexibility index (Phi) is 7.96. The largest absolute Gasteiger partial charge is 0.455 e. The lowest BCUT2D eigenvalue weighted by atomic mass is 9.58. The van der Waals surface area contributed by atoms with Crippen molar-refractivity contribution in [2.24, 2.45) is 0 Å². The second-order valence-electron chi connectivity index (χ2n) is 23.2. The van der Waals surface area contributed by atoms with Crippen LogP contribution >= 0.6 is 11.3 Å². The minimum absolute atomic E-state index is 0.0449. The van der Waals surface area contributed by atoms with Gasteiger partial charge in [0.1, 0.15) is 11.2 Å². The summed E-state index contributed by atoms with van der Waals surface area (Å²) < 4.78 is 12.7. The Balaban J connectivity index is 1.17. The summed E-state index contributed by atoms with van der Waals surface area (Å²) in [6.45, 7) is 21.5. The number of hydrogen-bond acceptors (Lipinski definition) is 3. The molecule has 0 unspecified atom stereocenters. The Morgan fingerprint density at radius 1 is 0.603 bits per heavy atom. The third-order valence-electron chi connectivity index (χ3n) is 16.8. The van der Waals surface area contributed by atoms with Crippen LogP contribution < -0.4 is 16.2 Å². The third-order valence-corrected chi connectivity index (χ3v) is 17.9. The van der Waals surface area contributed by atoms with Gasteiger partial charge in [-0.2, -0.15) is 0 Å². The molecule has 0 saturated carbocycles. The summed E-state index contributed by atoms with van der Waals surface area (Å²) in [7, 11) is 0.798. The van der Waals surface area contributed by atoms with Gasteiger partial charge in [0.15, 0.2) is 7.28 Å². The summed E-state index contributed by atoms with van der Waals surface area (Å²) in [5, 5.41) is 11.6. The maximum absolute atomic E-state index is 7.37. The van der Waals surface area contributed by atoms with Gasteiger partial charge in [0.05, 0.1) is 16.4 Å². The minimum Gasteiger partial charge on any atom is -0.455 e. The smallest absolute Gasteiger partial charge is 0.198 e. The van der Waals surface area contributed by atoms with Crippen LogP contribution in [-0.4, -0.2) is 11.8 Å². The van der Waals surface area contributed by atoms with Crippen molar-refractivity contribution in [3.8, 4) is 27.9 Å². The number of anilines is 2. The van der Waals surface area contributed by atoms with E-state index in [0.717, 1.165) is 48.0 Å². The minimum atomic E-state index is -0.172. The third kappa shape index (κ3) is 5.43. The molecule has 332 valence electrons. The first kappa shape index (κ1) is 40.5. The van der Waals surface area contributed by atoms with Crippen LogP contribution in [0.5, 0.6) is 0 Å². The lowest BCUT2D eigenvalue weighted by Gasteiger charge is -2.42. The summed E-state index contributed by atoms with van der Waals surface area (Å²) in [5.74, 6) is 0. The van der Waals surface area contributed by atoms with Crippen molar-refractivity contribution in [1.29, 1.82) is 0 Å². The maximum Gasteiger partial charge on any atom is 0.198 e. The van der Waals surface area contributed by atoms with Gasteiger partial charge in [-0.3, -0.25) is 0 Å². The second kappa shape index (κ2) is 13.4. The number of benzene rings is 8. The standard InChI is InChI=1S/C63H55BN2OS/c1-60(2,3)34-22-24-35(25-23-34)65-48-31-44-39(36-16-10-13-19-43(36)63(44,8)9)28-41(48)54-55-38-18-11-14-20-51(38)67-59(55)56-42-29-45-46(62(6,7)27-26-61(45,4)5)32-49(42)66-50-30-40-37-17-12-15-21-52(37)68-53(40)33-47(50)64-57(54)58(56)66/h10-25,28-33,64-65H,26-27H2,1-9H3. The van der Waals surface area contributed by atoms with E-state index in [1.807, 2.05) is 11.3 Å². The van der Waals surface area contributed by atoms with E-state index < -0.39 is 0 Å². The summed E-state index contributed by atoms with van der Waals surface area (Å²) >= 11 is 1.92. The zero-order chi connectivity index (χ0) is 46.4. The van der Waals surface area contributed by atoms with E-state index >= 15 is 0 Å². The van der Waals surface area contributed by atoms with Crippen LogP contribution in [0.3, 0.4) is 0 Å². The van der Waals surface area contributed by atoms with E-state index in [-0.39, 0.29) is 21.7 Å². The van der Waals surface area contributed by atoms with Crippen molar-refractivity contribution >= 4 is 105 Å². The number of thiophene rings is 1. The molecule has 4 heterocycles. The number of para-hydroxylation sites is 1. The van der Waals surface area contributed by atoms with E-state index in [1.165, 1.54) is 114 Å². The van der Waals surface area contributed by atoms with Crippen LogP contribution in [0.4, 0.5) is 11.4 Å². The van der Waals surface area contributed by atoms with Crippen LogP contribution in [0.1, 0.15) is 103 Å². The molecular formula is C63H55BN2OS. The number of furan rings is 1. The lowest BCUT2D eigenvalue weighted by Crippen LogP contribution is -2.37. The van der Waals surface area contributed by atoms with Crippen LogP contribution in [0, 0.1) is 0 Å². The molecule has 68 heavy (non-hydrogen) atoms. The Hall–Kier alpha value is -6.56. The molecule has 0 bridgehead atoms.